The van der Waals surface area contributed by atoms with Crippen LogP contribution in [0, 0.1) is 0 Å². The minimum Gasteiger partial charge on any atom is -0.475 e. The van der Waals surface area contributed by atoms with E-state index in [-0.39, 0.29) is 11.3 Å². The summed E-state index contributed by atoms with van der Waals surface area (Å²) in [4.78, 5) is 20.6. The molecule has 108 valence electrons. The Balaban J connectivity index is 0.000000182. The average molecular weight is 288 g/mol. The van der Waals surface area contributed by atoms with E-state index in [9.17, 15) is 18.0 Å². The minimum absolute atomic E-state index is 0.146. The number of fused-ring (bicyclic) bond motifs is 2. The van der Waals surface area contributed by atoms with E-state index in [0.29, 0.717) is 0 Å². The zero-order valence-electron chi connectivity index (χ0n) is 10.1. The third-order valence-corrected chi connectivity index (χ3v) is 3.22. The quantitative estimate of drug-likeness (QED) is 0.668. The Kier molecular flexibility index (Phi) is 3.43. The molecule has 1 fully saturated rings. The summed E-state index contributed by atoms with van der Waals surface area (Å²) in [6.07, 6.45) is -5.08. The molecule has 0 unspecified atom stereocenters. The van der Waals surface area contributed by atoms with Gasteiger partial charge in [-0.15, -0.1) is 0 Å². The number of amides is 1. The topological polar surface area (TPSA) is 78.4 Å². The predicted molar refractivity (Wildman–Crippen MR) is 63.3 cm³/mol. The number of rotatable bonds is 0. The summed E-state index contributed by atoms with van der Waals surface area (Å²) in [5.74, 6) is -2.61. The molecule has 3 rings (SSSR count). The number of aliphatic carboxylic acids is 1. The molecule has 2 aliphatic rings. The number of nitrogens with one attached hydrogen (secondary N) is 2. The van der Waals surface area contributed by atoms with Crippen LogP contribution in [0.5, 0.6) is 0 Å². The monoisotopic (exact) mass is 288 g/mol. The molecule has 0 aliphatic carbocycles. The Morgan fingerprint density at radius 3 is 2.25 bits per heavy atom. The standard InChI is InChI=1S/C10H10N2O.C2HF3O2/c13-9-10(5-11-6-10)7-3-1-2-4-8(7)12-9;3-2(4,5)1(6)7/h1-4,11H,5-6H2,(H,12,13);(H,6,7). The first-order valence-corrected chi connectivity index (χ1v) is 5.69. The summed E-state index contributed by atoms with van der Waals surface area (Å²) in [6, 6.07) is 7.93. The van der Waals surface area contributed by atoms with Gasteiger partial charge in [0.25, 0.3) is 0 Å². The third-order valence-electron chi connectivity index (χ3n) is 3.22. The molecule has 1 amide bonds. The van der Waals surface area contributed by atoms with E-state index < -0.39 is 12.1 Å². The Morgan fingerprint density at radius 2 is 1.80 bits per heavy atom. The van der Waals surface area contributed by atoms with Crippen molar-refractivity contribution < 1.29 is 27.9 Å². The first kappa shape index (κ1) is 14.3. The Hall–Kier alpha value is -2.09. The van der Waals surface area contributed by atoms with Gasteiger partial charge in [-0.2, -0.15) is 13.2 Å². The number of carbonyl (C=O) groups excluding carboxylic acids is 1. The second-order valence-corrected chi connectivity index (χ2v) is 4.49. The van der Waals surface area contributed by atoms with Gasteiger partial charge < -0.3 is 15.7 Å². The van der Waals surface area contributed by atoms with Gasteiger partial charge in [-0.3, -0.25) is 4.79 Å². The zero-order valence-corrected chi connectivity index (χ0v) is 10.1. The number of carbonyl (C=O) groups is 2. The van der Waals surface area contributed by atoms with Crippen LogP contribution in [0.3, 0.4) is 0 Å². The Labute approximate surface area is 111 Å². The molecule has 8 heteroatoms. The lowest BCUT2D eigenvalue weighted by Crippen LogP contribution is -2.60. The molecule has 0 radical (unpaired) electrons. The highest BCUT2D eigenvalue weighted by Crippen LogP contribution is 2.39. The second-order valence-electron chi connectivity index (χ2n) is 4.49. The van der Waals surface area contributed by atoms with Gasteiger partial charge in [0.15, 0.2) is 0 Å². The number of anilines is 1. The molecule has 0 aromatic heterocycles. The van der Waals surface area contributed by atoms with E-state index in [1.807, 2.05) is 24.3 Å². The van der Waals surface area contributed by atoms with Gasteiger partial charge in [-0.25, -0.2) is 4.79 Å². The van der Waals surface area contributed by atoms with E-state index in [0.717, 1.165) is 24.3 Å². The van der Waals surface area contributed by atoms with E-state index in [2.05, 4.69) is 10.6 Å². The van der Waals surface area contributed by atoms with Crippen molar-refractivity contribution in [1.29, 1.82) is 0 Å². The SMILES string of the molecule is O=C(O)C(F)(F)F.O=C1Nc2ccccc2C12CNC2. The molecule has 0 saturated carbocycles. The number of benzene rings is 1. The summed E-state index contributed by atoms with van der Waals surface area (Å²) in [6.45, 7) is 1.55. The maximum absolute atomic E-state index is 11.7. The molecule has 1 saturated heterocycles. The predicted octanol–water partition coefficient (Wildman–Crippen LogP) is 1.11. The molecule has 2 heterocycles. The number of para-hydroxylation sites is 1. The van der Waals surface area contributed by atoms with Crippen molar-refractivity contribution in [2.75, 3.05) is 18.4 Å². The van der Waals surface area contributed by atoms with E-state index in [4.69, 9.17) is 9.90 Å². The summed E-state index contributed by atoms with van der Waals surface area (Å²) >= 11 is 0. The lowest BCUT2D eigenvalue weighted by atomic mass is 9.76. The zero-order chi connectivity index (χ0) is 15.0. The fourth-order valence-electron chi connectivity index (χ4n) is 2.10. The smallest absolute Gasteiger partial charge is 0.475 e. The summed E-state index contributed by atoms with van der Waals surface area (Å²) in [5.41, 5.74) is 1.88. The molecule has 3 N–H and O–H groups in total. The highest BCUT2D eigenvalue weighted by atomic mass is 19.4. The maximum Gasteiger partial charge on any atom is 0.490 e. The van der Waals surface area contributed by atoms with E-state index >= 15 is 0 Å². The highest BCUT2D eigenvalue weighted by molar-refractivity contribution is 6.07. The summed E-state index contributed by atoms with van der Waals surface area (Å²) < 4.78 is 31.7. The van der Waals surface area contributed by atoms with Crippen molar-refractivity contribution in [2.45, 2.75) is 11.6 Å². The van der Waals surface area contributed by atoms with Crippen LogP contribution >= 0.6 is 0 Å². The molecule has 0 atom stereocenters. The van der Waals surface area contributed by atoms with Crippen LogP contribution in [0.4, 0.5) is 18.9 Å². The number of alkyl halides is 3. The highest BCUT2D eigenvalue weighted by Gasteiger charge is 2.50. The number of hydrogen-bond donors (Lipinski definition) is 3. The molecule has 1 aromatic rings. The molecular weight excluding hydrogens is 277 g/mol. The molecule has 20 heavy (non-hydrogen) atoms. The van der Waals surface area contributed by atoms with Crippen LogP contribution in [-0.4, -0.2) is 36.2 Å². The van der Waals surface area contributed by atoms with Crippen molar-refractivity contribution in [3.63, 3.8) is 0 Å². The Bertz CT molecular complexity index is 553. The normalized spacial score (nSPS) is 18.4. The Morgan fingerprint density at radius 1 is 1.25 bits per heavy atom. The van der Waals surface area contributed by atoms with Gasteiger partial charge in [0.2, 0.25) is 5.91 Å². The van der Waals surface area contributed by atoms with Gasteiger partial charge >= 0.3 is 12.1 Å². The van der Waals surface area contributed by atoms with E-state index in [1.54, 1.807) is 0 Å². The van der Waals surface area contributed by atoms with Gasteiger partial charge in [0.05, 0.1) is 0 Å². The average Bonchev–Trinajstić information content (AvgIpc) is 2.59. The van der Waals surface area contributed by atoms with Crippen molar-refractivity contribution in [1.82, 2.24) is 5.32 Å². The number of halogens is 3. The van der Waals surface area contributed by atoms with Crippen molar-refractivity contribution in [3.8, 4) is 0 Å². The van der Waals surface area contributed by atoms with Gasteiger partial charge in [0.1, 0.15) is 5.41 Å². The molecular formula is C12H11F3N2O3. The lowest BCUT2D eigenvalue weighted by Gasteiger charge is -2.37. The third kappa shape index (κ3) is 2.34. The van der Waals surface area contributed by atoms with Crippen LogP contribution in [0.15, 0.2) is 24.3 Å². The van der Waals surface area contributed by atoms with Crippen molar-refractivity contribution in [3.05, 3.63) is 29.8 Å². The maximum atomic E-state index is 11.7. The fourth-order valence-corrected chi connectivity index (χ4v) is 2.10. The van der Waals surface area contributed by atoms with Gasteiger partial charge in [-0.05, 0) is 11.6 Å². The first-order valence-electron chi connectivity index (χ1n) is 5.69. The second kappa shape index (κ2) is 4.78. The number of hydrogen-bond acceptors (Lipinski definition) is 3. The van der Waals surface area contributed by atoms with Crippen LogP contribution in [-0.2, 0) is 15.0 Å². The molecule has 5 nitrogen and oxygen atoms in total. The van der Waals surface area contributed by atoms with Crippen molar-refractivity contribution in [2.24, 2.45) is 0 Å². The number of carboxylic acids is 1. The van der Waals surface area contributed by atoms with E-state index in [1.165, 1.54) is 0 Å². The van der Waals surface area contributed by atoms with Crippen LogP contribution < -0.4 is 10.6 Å². The lowest BCUT2D eigenvalue weighted by molar-refractivity contribution is -0.192. The first-order chi connectivity index (χ1) is 9.27. The molecule has 2 aliphatic heterocycles. The largest absolute Gasteiger partial charge is 0.490 e. The van der Waals surface area contributed by atoms with Gasteiger partial charge in [0, 0.05) is 18.8 Å². The number of carboxylic acid groups (broad SMARTS) is 1. The fraction of sp³-hybridized carbons (Fsp3) is 0.333. The minimum atomic E-state index is -5.08. The van der Waals surface area contributed by atoms with Crippen LogP contribution in [0.1, 0.15) is 5.56 Å². The molecule has 1 aromatic carbocycles. The summed E-state index contributed by atoms with van der Waals surface area (Å²) in [5, 5.41) is 13.2. The van der Waals surface area contributed by atoms with Crippen LogP contribution in [0.25, 0.3) is 0 Å². The van der Waals surface area contributed by atoms with Crippen molar-refractivity contribution >= 4 is 17.6 Å². The molecule has 1 spiro atoms. The molecule has 0 bridgehead atoms. The van der Waals surface area contributed by atoms with Crippen LogP contribution in [0.2, 0.25) is 0 Å². The van der Waals surface area contributed by atoms with Gasteiger partial charge in [-0.1, -0.05) is 18.2 Å². The summed E-state index contributed by atoms with van der Waals surface area (Å²) in [7, 11) is 0.